The van der Waals surface area contributed by atoms with Gasteiger partial charge in [-0.1, -0.05) is 18.6 Å². The Morgan fingerprint density at radius 1 is 1.38 bits per heavy atom. The Labute approximate surface area is 101 Å². The molecular formula is C14H28N2. The van der Waals surface area contributed by atoms with Crippen LogP contribution in [0.4, 0.5) is 0 Å². The monoisotopic (exact) mass is 224 g/mol. The zero-order valence-corrected chi connectivity index (χ0v) is 11.6. The number of nitrogens with zero attached hydrogens (tertiary/aromatic N) is 1. The number of hydrogen-bond acceptors (Lipinski definition) is 2. The van der Waals surface area contributed by atoms with E-state index in [0.29, 0.717) is 6.04 Å². The fourth-order valence-electron chi connectivity index (χ4n) is 2.42. The molecule has 0 fully saturated rings. The zero-order valence-electron chi connectivity index (χ0n) is 11.6. The molecule has 2 nitrogen and oxygen atoms in total. The van der Waals surface area contributed by atoms with E-state index >= 15 is 0 Å². The predicted molar refractivity (Wildman–Crippen MR) is 71.8 cm³/mol. The molecule has 0 saturated heterocycles. The molecule has 0 saturated carbocycles. The molecule has 0 radical (unpaired) electrons. The second-order valence-electron chi connectivity index (χ2n) is 5.56. The molecule has 0 spiro atoms. The lowest BCUT2D eigenvalue weighted by Gasteiger charge is -2.42. The molecule has 0 aromatic rings. The number of rotatable bonds is 5. The Kier molecular flexibility index (Phi) is 5.00. The van der Waals surface area contributed by atoms with Crippen molar-refractivity contribution in [2.75, 3.05) is 20.6 Å². The summed E-state index contributed by atoms with van der Waals surface area (Å²) in [5, 5.41) is 3.66. The van der Waals surface area contributed by atoms with Crippen LogP contribution in [0.15, 0.2) is 11.6 Å². The van der Waals surface area contributed by atoms with Gasteiger partial charge in [0.2, 0.25) is 0 Å². The summed E-state index contributed by atoms with van der Waals surface area (Å²) >= 11 is 0. The molecule has 16 heavy (non-hydrogen) atoms. The standard InChI is InChI=1S/C14H28N2/c1-6-15-13(14(2,3)16(4)5)12-10-8-7-9-11-12/h10,13,15H,6-9,11H2,1-5H3. The summed E-state index contributed by atoms with van der Waals surface area (Å²) in [6.07, 6.45) is 7.72. The van der Waals surface area contributed by atoms with E-state index in [1.807, 2.05) is 0 Å². The van der Waals surface area contributed by atoms with E-state index in [0.717, 1.165) is 6.54 Å². The Morgan fingerprint density at radius 2 is 2.06 bits per heavy atom. The minimum Gasteiger partial charge on any atom is -0.309 e. The minimum atomic E-state index is 0.180. The molecule has 94 valence electrons. The van der Waals surface area contributed by atoms with Crippen molar-refractivity contribution in [3.05, 3.63) is 11.6 Å². The molecular weight excluding hydrogens is 196 g/mol. The molecule has 1 rings (SSSR count). The Balaban J connectivity index is 2.84. The third-order valence-corrected chi connectivity index (χ3v) is 3.96. The first-order chi connectivity index (χ1) is 7.50. The molecule has 0 aliphatic heterocycles. The fraction of sp³-hybridized carbons (Fsp3) is 0.857. The van der Waals surface area contributed by atoms with E-state index in [1.165, 1.54) is 25.7 Å². The number of hydrogen-bond donors (Lipinski definition) is 1. The minimum absolute atomic E-state index is 0.180. The fourth-order valence-corrected chi connectivity index (χ4v) is 2.42. The van der Waals surface area contributed by atoms with Gasteiger partial charge in [-0.2, -0.15) is 0 Å². The molecule has 2 heteroatoms. The van der Waals surface area contributed by atoms with Crippen molar-refractivity contribution in [2.24, 2.45) is 0 Å². The van der Waals surface area contributed by atoms with Crippen LogP contribution in [0, 0.1) is 0 Å². The Morgan fingerprint density at radius 3 is 2.50 bits per heavy atom. The summed E-state index contributed by atoms with van der Waals surface area (Å²) < 4.78 is 0. The lowest BCUT2D eigenvalue weighted by atomic mass is 9.82. The van der Waals surface area contributed by atoms with Crippen LogP contribution in [0.1, 0.15) is 46.5 Å². The Bertz CT molecular complexity index is 241. The van der Waals surface area contributed by atoms with Gasteiger partial charge in [0.1, 0.15) is 0 Å². The first kappa shape index (κ1) is 13.7. The number of likely N-dealkylation sites (N-methyl/N-ethyl adjacent to an activating group) is 2. The normalized spacial score (nSPS) is 19.8. The van der Waals surface area contributed by atoms with Crippen molar-refractivity contribution >= 4 is 0 Å². The maximum atomic E-state index is 3.66. The van der Waals surface area contributed by atoms with Crippen LogP contribution in [0.2, 0.25) is 0 Å². The van der Waals surface area contributed by atoms with Crippen LogP contribution < -0.4 is 5.32 Å². The maximum Gasteiger partial charge on any atom is 0.0460 e. The topological polar surface area (TPSA) is 15.3 Å². The van der Waals surface area contributed by atoms with Crippen molar-refractivity contribution < 1.29 is 0 Å². The van der Waals surface area contributed by atoms with Crippen LogP contribution >= 0.6 is 0 Å². The molecule has 1 N–H and O–H groups in total. The number of nitrogens with one attached hydrogen (secondary N) is 1. The van der Waals surface area contributed by atoms with Crippen molar-refractivity contribution in [3.8, 4) is 0 Å². The molecule has 1 aliphatic carbocycles. The van der Waals surface area contributed by atoms with Crippen LogP contribution in [0.5, 0.6) is 0 Å². The summed E-state index contributed by atoms with van der Waals surface area (Å²) in [6.45, 7) is 7.90. The molecule has 0 amide bonds. The van der Waals surface area contributed by atoms with Crippen LogP contribution in [0.3, 0.4) is 0 Å². The van der Waals surface area contributed by atoms with E-state index in [9.17, 15) is 0 Å². The highest BCUT2D eigenvalue weighted by Crippen LogP contribution is 2.28. The van der Waals surface area contributed by atoms with Crippen LogP contribution in [0.25, 0.3) is 0 Å². The van der Waals surface area contributed by atoms with E-state index in [2.05, 4.69) is 51.2 Å². The van der Waals surface area contributed by atoms with E-state index in [4.69, 9.17) is 0 Å². The predicted octanol–water partition coefficient (Wildman–Crippen LogP) is 2.81. The smallest absolute Gasteiger partial charge is 0.0460 e. The van der Waals surface area contributed by atoms with Gasteiger partial charge in [0.25, 0.3) is 0 Å². The van der Waals surface area contributed by atoms with Gasteiger partial charge < -0.3 is 10.2 Å². The SMILES string of the molecule is CCNC(C1=CCCCC1)C(C)(C)N(C)C. The van der Waals surface area contributed by atoms with Gasteiger partial charge in [-0.15, -0.1) is 0 Å². The van der Waals surface area contributed by atoms with E-state index in [-0.39, 0.29) is 5.54 Å². The van der Waals surface area contributed by atoms with Crippen molar-refractivity contribution in [2.45, 2.75) is 58.0 Å². The molecule has 1 unspecified atom stereocenters. The van der Waals surface area contributed by atoms with Gasteiger partial charge in [0.15, 0.2) is 0 Å². The summed E-state index contributed by atoms with van der Waals surface area (Å²) in [5.74, 6) is 0. The number of allylic oxidation sites excluding steroid dienone is 1. The molecule has 1 aliphatic rings. The van der Waals surface area contributed by atoms with E-state index in [1.54, 1.807) is 5.57 Å². The average molecular weight is 224 g/mol. The van der Waals surface area contributed by atoms with Gasteiger partial charge in [-0.3, -0.25) is 0 Å². The average Bonchev–Trinajstić information content (AvgIpc) is 2.26. The zero-order chi connectivity index (χ0) is 12.2. The highest BCUT2D eigenvalue weighted by Gasteiger charge is 2.33. The maximum absolute atomic E-state index is 3.66. The lowest BCUT2D eigenvalue weighted by Crippen LogP contribution is -2.56. The first-order valence-corrected chi connectivity index (χ1v) is 6.60. The van der Waals surface area contributed by atoms with Gasteiger partial charge in [-0.25, -0.2) is 0 Å². The first-order valence-electron chi connectivity index (χ1n) is 6.60. The van der Waals surface area contributed by atoms with Crippen molar-refractivity contribution in [1.29, 1.82) is 0 Å². The Hall–Kier alpha value is -0.340. The van der Waals surface area contributed by atoms with Gasteiger partial charge in [0.05, 0.1) is 0 Å². The summed E-state index contributed by atoms with van der Waals surface area (Å²) in [7, 11) is 4.35. The summed E-state index contributed by atoms with van der Waals surface area (Å²) in [4.78, 5) is 2.33. The van der Waals surface area contributed by atoms with Crippen molar-refractivity contribution in [1.82, 2.24) is 10.2 Å². The van der Waals surface area contributed by atoms with Gasteiger partial charge >= 0.3 is 0 Å². The largest absolute Gasteiger partial charge is 0.309 e. The third-order valence-electron chi connectivity index (χ3n) is 3.96. The quantitative estimate of drug-likeness (QED) is 0.722. The van der Waals surface area contributed by atoms with Gasteiger partial charge in [-0.05, 0) is 60.2 Å². The molecule has 1 atom stereocenters. The molecule has 0 heterocycles. The van der Waals surface area contributed by atoms with Crippen LogP contribution in [-0.2, 0) is 0 Å². The molecule has 0 bridgehead atoms. The van der Waals surface area contributed by atoms with Crippen LogP contribution in [-0.4, -0.2) is 37.1 Å². The van der Waals surface area contributed by atoms with Crippen molar-refractivity contribution in [3.63, 3.8) is 0 Å². The van der Waals surface area contributed by atoms with E-state index < -0.39 is 0 Å². The highest BCUT2D eigenvalue weighted by atomic mass is 15.2. The van der Waals surface area contributed by atoms with Gasteiger partial charge in [0, 0.05) is 11.6 Å². The summed E-state index contributed by atoms with van der Waals surface area (Å²) in [6, 6.07) is 0.493. The molecule has 0 aromatic heterocycles. The second-order valence-corrected chi connectivity index (χ2v) is 5.56. The second kappa shape index (κ2) is 5.83. The lowest BCUT2D eigenvalue weighted by molar-refractivity contribution is 0.152. The highest BCUT2D eigenvalue weighted by molar-refractivity contribution is 5.19. The summed E-state index contributed by atoms with van der Waals surface area (Å²) in [5.41, 5.74) is 1.80. The third kappa shape index (κ3) is 3.08. The molecule has 0 aromatic carbocycles.